The zero-order chi connectivity index (χ0) is 13.8. The molecule has 0 aliphatic heterocycles. The van der Waals surface area contributed by atoms with Gasteiger partial charge >= 0.3 is 0 Å². The van der Waals surface area contributed by atoms with Gasteiger partial charge < -0.3 is 5.32 Å². The zero-order valence-corrected chi connectivity index (χ0v) is 13.1. The number of hydrogen-bond donors (Lipinski definition) is 1. The highest BCUT2D eigenvalue weighted by Crippen LogP contribution is 2.29. The van der Waals surface area contributed by atoms with Crippen LogP contribution in [0.3, 0.4) is 0 Å². The van der Waals surface area contributed by atoms with Crippen LogP contribution in [0.15, 0.2) is 52.9 Å². The number of aromatic nitrogens is 1. The zero-order valence-electron chi connectivity index (χ0n) is 10.7. The smallest absolute Gasteiger partial charge is 0.151 e. The van der Waals surface area contributed by atoms with Gasteiger partial charge in [0.1, 0.15) is 0 Å². The lowest BCUT2D eigenvalue weighted by atomic mass is 10.3. The van der Waals surface area contributed by atoms with Gasteiger partial charge in [0, 0.05) is 23.0 Å². The molecule has 1 N–H and O–H groups in total. The molecule has 102 valence electrons. The number of para-hydroxylation sites is 1. The Kier molecular flexibility index (Phi) is 4.45. The average molecular weight is 321 g/mol. The summed E-state index contributed by atoms with van der Waals surface area (Å²) in [6, 6.07) is 16.0. The summed E-state index contributed by atoms with van der Waals surface area (Å²) < 4.78 is 2.38. The van der Waals surface area contributed by atoms with E-state index in [2.05, 4.69) is 28.5 Å². The molecule has 2 nitrogen and oxygen atoms in total. The van der Waals surface area contributed by atoms with Crippen LogP contribution in [0.25, 0.3) is 10.2 Å². The number of nitrogens with one attached hydrogen (secondary N) is 1. The fourth-order valence-corrected chi connectivity index (χ4v) is 3.93. The molecule has 2 aromatic carbocycles. The molecule has 3 aromatic rings. The second-order valence-electron chi connectivity index (χ2n) is 4.23. The van der Waals surface area contributed by atoms with Crippen LogP contribution in [0.2, 0.25) is 5.02 Å². The van der Waals surface area contributed by atoms with Crippen molar-refractivity contribution in [1.82, 2.24) is 4.98 Å². The van der Waals surface area contributed by atoms with E-state index in [-0.39, 0.29) is 0 Å². The Labute approximate surface area is 131 Å². The molecule has 5 heteroatoms. The lowest BCUT2D eigenvalue weighted by molar-refractivity contribution is 1.21. The standard InChI is InChI=1S/C15H13ClN2S2/c16-11-5-7-12(8-6-11)17-9-10-19-15-18-13-3-1-2-4-14(13)20-15/h1-8,17H,9-10H2. The lowest BCUT2D eigenvalue weighted by Crippen LogP contribution is -2.03. The van der Waals surface area contributed by atoms with Crippen molar-refractivity contribution in [3.63, 3.8) is 0 Å². The van der Waals surface area contributed by atoms with Crippen LogP contribution in [-0.4, -0.2) is 17.3 Å². The Hall–Kier alpha value is -1.23. The predicted molar refractivity (Wildman–Crippen MR) is 90.3 cm³/mol. The van der Waals surface area contributed by atoms with Crippen LogP contribution in [0, 0.1) is 0 Å². The van der Waals surface area contributed by atoms with Crippen LogP contribution in [0.1, 0.15) is 0 Å². The van der Waals surface area contributed by atoms with Crippen molar-refractivity contribution in [1.29, 1.82) is 0 Å². The molecular formula is C15H13ClN2S2. The molecule has 0 radical (unpaired) electrons. The molecule has 0 saturated carbocycles. The van der Waals surface area contributed by atoms with Gasteiger partial charge in [-0.3, -0.25) is 0 Å². The number of nitrogens with zero attached hydrogens (tertiary/aromatic N) is 1. The summed E-state index contributed by atoms with van der Waals surface area (Å²) in [4.78, 5) is 4.61. The first kappa shape index (κ1) is 13.7. The summed E-state index contributed by atoms with van der Waals surface area (Å²) in [7, 11) is 0. The van der Waals surface area contributed by atoms with Crippen LogP contribution < -0.4 is 5.32 Å². The molecule has 0 unspecified atom stereocenters. The van der Waals surface area contributed by atoms with E-state index in [1.807, 2.05) is 30.3 Å². The summed E-state index contributed by atoms with van der Waals surface area (Å²) >= 11 is 9.39. The van der Waals surface area contributed by atoms with Gasteiger partial charge in [-0.25, -0.2) is 4.98 Å². The number of rotatable bonds is 5. The lowest BCUT2D eigenvalue weighted by Gasteiger charge is -2.04. The van der Waals surface area contributed by atoms with Crippen molar-refractivity contribution in [2.24, 2.45) is 0 Å². The monoisotopic (exact) mass is 320 g/mol. The van der Waals surface area contributed by atoms with Crippen LogP contribution >= 0.6 is 34.7 Å². The SMILES string of the molecule is Clc1ccc(NCCSc2nc3ccccc3s2)cc1. The minimum absolute atomic E-state index is 0.763. The number of thiazole rings is 1. The van der Waals surface area contributed by atoms with Crippen molar-refractivity contribution in [3.05, 3.63) is 53.6 Å². The molecule has 0 atom stereocenters. The highest BCUT2D eigenvalue weighted by molar-refractivity contribution is 8.01. The maximum absolute atomic E-state index is 5.85. The maximum Gasteiger partial charge on any atom is 0.151 e. The van der Waals surface area contributed by atoms with E-state index in [0.717, 1.165) is 32.9 Å². The first-order valence-corrected chi connectivity index (χ1v) is 8.47. The molecule has 0 saturated heterocycles. The number of thioether (sulfide) groups is 1. The summed E-state index contributed by atoms with van der Waals surface area (Å²) in [6.45, 7) is 0.905. The van der Waals surface area contributed by atoms with E-state index in [0.29, 0.717) is 0 Å². The summed E-state index contributed by atoms with van der Waals surface area (Å²) in [6.07, 6.45) is 0. The number of hydrogen-bond acceptors (Lipinski definition) is 4. The molecule has 20 heavy (non-hydrogen) atoms. The minimum atomic E-state index is 0.763. The molecule has 0 bridgehead atoms. The third-order valence-corrected chi connectivity index (χ3v) is 5.21. The van der Waals surface area contributed by atoms with Crippen molar-refractivity contribution in [2.75, 3.05) is 17.6 Å². The highest BCUT2D eigenvalue weighted by atomic mass is 35.5. The number of fused-ring (bicyclic) bond motifs is 1. The van der Waals surface area contributed by atoms with Gasteiger partial charge in [-0.15, -0.1) is 11.3 Å². The second kappa shape index (κ2) is 6.48. The Morgan fingerprint density at radius 1 is 1.10 bits per heavy atom. The molecule has 0 fully saturated rings. The van der Waals surface area contributed by atoms with Gasteiger partial charge in [-0.1, -0.05) is 35.5 Å². The number of benzene rings is 2. The summed E-state index contributed by atoms with van der Waals surface area (Å²) in [5, 5.41) is 4.14. The van der Waals surface area contributed by atoms with Crippen molar-refractivity contribution >= 4 is 50.6 Å². The number of anilines is 1. The fraction of sp³-hybridized carbons (Fsp3) is 0.133. The Morgan fingerprint density at radius 2 is 1.90 bits per heavy atom. The molecule has 0 spiro atoms. The topological polar surface area (TPSA) is 24.9 Å². The maximum atomic E-state index is 5.85. The van der Waals surface area contributed by atoms with E-state index in [4.69, 9.17) is 11.6 Å². The quantitative estimate of drug-likeness (QED) is 0.519. The molecular weight excluding hydrogens is 308 g/mol. The van der Waals surface area contributed by atoms with Crippen LogP contribution in [-0.2, 0) is 0 Å². The molecule has 0 amide bonds. The summed E-state index contributed by atoms with van der Waals surface area (Å²) in [5.74, 6) is 0.989. The predicted octanol–water partition coefficient (Wildman–Crippen LogP) is 5.15. The van der Waals surface area contributed by atoms with Gasteiger partial charge in [-0.2, -0.15) is 0 Å². The largest absolute Gasteiger partial charge is 0.384 e. The van der Waals surface area contributed by atoms with Gasteiger partial charge in [0.05, 0.1) is 10.2 Å². The van der Waals surface area contributed by atoms with Crippen molar-refractivity contribution < 1.29 is 0 Å². The molecule has 1 aromatic heterocycles. The number of halogens is 1. The third-order valence-electron chi connectivity index (χ3n) is 2.78. The summed E-state index contributed by atoms with van der Waals surface area (Å²) in [5.41, 5.74) is 2.19. The molecule has 0 aliphatic carbocycles. The average Bonchev–Trinajstić information content (AvgIpc) is 2.88. The van der Waals surface area contributed by atoms with Gasteiger partial charge in [0.2, 0.25) is 0 Å². The highest BCUT2D eigenvalue weighted by Gasteiger charge is 2.03. The first-order chi connectivity index (χ1) is 9.81. The van der Waals surface area contributed by atoms with Crippen molar-refractivity contribution in [2.45, 2.75) is 4.34 Å². The van der Waals surface area contributed by atoms with E-state index in [9.17, 15) is 0 Å². The van der Waals surface area contributed by atoms with E-state index in [1.54, 1.807) is 23.1 Å². The van der Waals surface area contributed by atoms with E-state index < -0.39 is 0 Å². The minimum Gasteiger partial charge on any atom is -0.384 e. The van der Waals surface area contributed by atoms with Gasteiger partial charge in [0.15, 0.2) is 4.34 Å². The first-order valence-electron chi connectivity index (χ1n) is 6.29. The fourth-order valence-electron chi connectivity index (χ4n) is 1.81. The second-order valence-corrected chi connectivity index (χ2v) is 7.04. The normalized spacial score (nSPS) is 10.8. The molecule has 3 rings (SSSR count). The molecule has 1 heterocycles. The van der Waals surface area contributed by atoms with Gasteiger partial charge in [-0.05, 0) is 36.4 Å². The Balaban J connectivity index is 1.51. The van der Waals surface area contributed by atoms with E-state index >= 15 is 0 Å². The molecule has 0 aliphatic rings. The van der Waals surface area contributed by atoms with E-state index in [1.165, 1.54) is 4.70 Å². The third kappa shape index (κ3) is 3.45. The van der Waals surface area contributed by atoms with Crippen molar-refractivity contribution in [3.8, 4) is 0 Å². The van der Waals surface area contributed by atoms with Crippen LogP contribution in [0.4, 0.5) is 5.69 Å². The Bertz CT molecular complexity index is 661. The van der Waals surface area contributed by atoms with Crippen LogP contribution in [0.5, 0.6) is 0 Å². The van der Waals surface area contributed by atoms with Gasteiger partial charge in [0.25, 0.3) is 0 Å². The Morgan fingerprint density at radius 3 is 2.70 bits per heavy atom.